The smallest absolute Gasteiger partial charge is 0.180 e. The molecule has 0 spiro atoms. The van der Waals surface area contributed by atoms with Crippen molar-refractivity contribution in [2.24, 2.45) is 0 Å². The lowest BCUT2D eigenvalue weighted by atomic mass is 10.00. The van der Waals surface area contributed by atoms with Gasteiger partial charge >= 0.3 is 0 Å². The number of nitrogens with zero attached hydrogens (tertiary/aromatic N) is 2. The van der Waals surface area contributed by atoms with Crippen LogP contribution in [-0.2, 0) is 6.61 Å². The predicted octanol–water partition coefficient (Wildman–Crippen LogP) is 7.02. The molecular weight excluding hydrogens is 432 g/mol. The van der Waals surface area contributed by atoms with Crippen molar-refractivity contribution < 1.29 is 9.47 Å². The van der Waals surface area contributed by atoms with E-state index >= 15 is 0 Å². The average molecular weight is 451 g/mol. The highest BCUT2D eigenvalue weighted by Gasteiger charge is 2.14. The third-order valence-electron chi connectivity index (χ3n) is 5.25. The van der Waals surface area contributed by atoms with Crippen molar-refractivity contribution in [2.75, 3.05) is 7.11 Å². The Balaban J connectivity index is 1.65. The third kappa shape index (κ3) is 4.83. The zero-order chi connectivity index (χ0) is 23.2. The Morgan fingerprint density at radius 1 is 0.939 bits per heavy atom. The molecule has 5 heteroatoms. The average Bonchev–Trinajstić information content (AvgIpc) is 2.86. The van der Waals surface area contributed by atoms with E-state index in [-0.39, 0.29) is 6.61 Å². The van der Waals surface area contributed by atoms with Crippen LogP contribution in [0.3, 0.4) is 0 Å². The van der Waals surface area contributed by atoms with Crippen molar-refractivity contribution >= 4 is 34.0 Å². The van der Waals surface area contributed by atoms with Crippen LogP contribution >= 0.6 is 11.6 Å². The molecule has 0 aliphatic carbocycles. The van der Waals surface area contributed by atoms with E-state index < -0.39 is 0 Å². The Morgan fingerprint density at radius 3 is 2.45 bits per heavy atom. The summed E-state index contributed by atoms with van der Waals surface area (Å²) in [5.41, 5.74) is 3.34. The Bertz CT molecular complexity index is 1440. The predicted molar refractivity (Wildman–Crippen MR) is 131 cm³/mol. The van der Waals surface area contributed by atoms with Crippen molar-refractivity contribution in [3.63, 3.8) is 0 Å². The maximum atomic E-state index is 9.79. The molecule has 4 aromatic rings. The molecule has 0 bridgehead atoms. The molecule has 4 rings (SSSR count). The molecular formula is C28H19ClN2O2. The summed E-state index contributed by atoms with van der Waals surface area (Å²) in [6, 6.07) is 29.1. The van der Waals surface area contributed by atoms with Crippen LogP contribution in [0.15, 0.2) is 78.9 Å². The fourth-order valence-electron chi connectivity index (χ4n) is 3.57. The van der Waals surface area contributed by atoms with Gasteiger partial charge in [-0.3, -0.25) is 0 Å². The van der Waals surface area contributed by atoms with E-state index in [1.54, 1.807) is 30.3 Å². The molecule has 0 heterocycles. The molecule has 0 atom stereocenters. The number of hydrogen-bond acceptors (Lipinski definition) is 4. The molecule has 4 nitrogen and oxygen atoms in total. The van der Waals surface area contributed by atoms with Crippen molar-refractivity contribution in [3.8, 4) is 23.6 Å². The van der Waals surface area contributed by atoms with Gasteiger partial charge in [0.05, 0.1) is 35.4 Å². The number of ether oxygens (including phenoxy) is 2. The van der Waals surface area contributed by atoms with Crippen molar-refractivity contribution in [1.82, 2.24) is 0 Å². The van der Waals surface area contributed by atoms with Crippen molar-refractivity contribution in [1.29, 1.82) is 10.5 Å². The molecule has 0 N–H and O–H groups in total. The molecule has 160 valence electrons. The van der Waals surface area contributed by atoms with Crippen LogP contribution < -0.4 is 9.47 Å². The second-order valence-corrected chi connectivity index (χ2v) is 7.73. The van der Waals surface area contributed by atoms with Gasteiger partial charge in [0.15, 0.2) is 11.5 Å². The van der Waals surface area contributed by atoms with Gasteiger partial charge in [0.1, 0.15) is 6.61 Å². The van der Waals surface area contributed by atoms with Crippen LogP contribution in [-0.4, -0.2) is 7.11 Å². The highest BCUT2D eigenvalue weighted by molar-refractivity contribution is 6.32. The van der Waals surface area contributed by atoms with Crippen LogP contribution in [0.5, 0.6) is 11.5 Å². The van der Waals surface area contributed by atoms with Crippen LogP contribution in [0, 0.1) is 22.7 Å². The monoisotopic (exact) mass is 450 g/mol. The summed E-state index contributed by atoms with van der Waals surface area (Å²) in [4.78, 5) is 0. The highest BCUT2D eigenvalue weighted by Crippen LogP contribution is 2.38. The molecule has 0 saturated heterocycles. The molecule has 0 amide bonds. The lowest BCUT2D eigenvalue weighted by Crippen LogP contribution is -2.01. The summed E-state index contributed by atoms with van der Waals surface area (Å²) >= 11 is 6.52. The Labute approximate surface area is 197 Å². The van der Waals surface area contributed by atoms with Crippen LogP contribution in [0.2, 0.25) is 5.02 Å². The lowest BCUT2D eigenvalue weighted by molar-refractivity contribution is 0.284. The molecule has 0 fully saturated rings. The standard InChI is InChI=1S/C28H19ClN2O2/c1-32-27-14-19(12-25(17-31)22-11-10-20-6-2-3-7-21(20)15-22)13-26(29)28(27)33-18-24-9-5-4-8-23(24)16-30/h2-15H,18H2,1H3/b25-12-. The van der Waals surface area contributed by atoms with Gasteiger partial charge in [0, 0.05) is 5.56 Å². The molecule has 4 aromatic carbocycles. The van der Waals surface area contributed by atoms with Gasteiger partial charge < -0.3 is 9.47 Å². The fraction of sp³-hybridized carbons (Fsp3) is 0.0714. The number of allylic oxidation sites excluding steroid dienone is 1. The normalized spacial score (nSPS) is 11.0. The zero-order valence-electron chi connectivity index (χ0n) is 17.9. The van der Waals surface area contributed by atoms with Gasteiger partial charge in [-0.25, -0.2) is 0 Å². The molecule has 0 aromatic heterocycles. The number of rotatable bonds is 6. The number of hydrogen-bond donors (Lipinski definition) is 0. The highest BCUT2D eigenvalue weighted by atomic mass is 35.5. The first-order chi connectivity index (χ1) is 16.1. The molecule has 0 aliphatic rings. The second-order valence-electron chi connectivity index (χ2n) is 7.32. The topological polar surface area (TPSA) is 66.0 Å². The molecule has 33 heavy (non-hydrogen) atoms. The maximum Gasteiger partial charge on any atom is 0.180 e. The van der Waals surface area contributed by atoms with E-state index in [9.17, 15) is 10.5 Å². The van der Waals surface area contributed by atoms with Crippen LogP contribution in [0.4, 0.5) is 0 Å². The quantitative estimate of drug-likeness (QED) is 0.234. The number of nitriles is 2. The van der Waals surface area contributed by atoms with Gasteiger partial charge in [-0.2, -0.15) is 10.5 Å². The molecule has 0 unspecified atom stereocenters. The number of fused-ring (bicyclic) bond motifs is 1. The summed E-state index contributed by atoms with van der Waals surface area (Å²) < 4.78 is 11.4. The van der Waals surface area contributed by atoms with Crippen molar-refractivity contribution in [2.45, 2.75) is 6.61 Å². The van der Waals surface area contributed by atoms with E-state index in [0.717, 1.165) is 21.9 Å². The third-order valence-corrected chi connectivity index (χ3v) is 5.53. The zero-order valence-corrected chi connectivity index (χ0v) is 18.6. The minimum Gasteiger partial charge on any atom is -0.493 e. The summed E-state index contributed by atoms with van der Waals surface area (Å²) in [6.07, 6.45) is 1.77. The largest absolute Gasteiger partial charge is 0.493 e. The molecule has 0 radical (unpaired) electrons. The Morgan fingerprint density at radius 2 is 1.70 bits per heavy atom. The summed E-state index contributed by atoms with van der Waals surface area (Å²) in [5, 5.41) is 21.6. The second kappa shape index (κ2) is 9.92. The Kier molecular flexibility index (Phi) is 6.60. The van der Waals surface area contributed by atoms with E-state index in [1.807, 2.05) is 54.6 Å². The first-order valence-electron chi connectivity index (χ1n) is 10.2. The fourth-order valence-corrected chi connectivity index (χ4v) is 3.85. The van der Waals surface area contributed by atoms with E-state index in [4.69, 9.17) is 21.1 Å². The molecule has 0 saturated carbocycles. The lowest BCUT2D eigenvalue weighted by Gasteiger charge is -2.14. The maximum absolute atomic E-state index is 9.79. The van der Waals surface area contributed by atoms with Crippen LogP contribution in [0.25, 0.3) is 22.4 Å². The van der Waals surface area contributed by atoms with Gasteiger partial charge in [-0.15, -0.1) is 0 Å². The number of methoxy groups -OCH3 is 1. The van der Waals surface area contributed by atoms with Gasteiger partial charge in [0.25, 0.3) is 0 Å². The SMILES string of the molecule is COc1cc(/C=C(/C#N)c2ccc3ccccc3c2)cc(Cl)c1OCc1ccccc1C#N. The minimum absolute atomic E-state index is 0.176. The van der Waals surface area contributed by atoms with Gasteiger partial charge in [-0.05, 0) is 52.2 Å². The first kappa shape index (κ1) is 22.0. The first-order valence-corrected chi connectivity index (χ1v) is 10.6. The summed E-state index contributed by atoms with van der Waals surface area (Å²) in [6.45, 7) is 0.176. The minimum atomic E-state index is 0.176. The van der Waals surface area contributed by atoms with E-state index in [2.05, 4.69) is 12.1 Å². The van der Waals surface area contributed by atoms with Gasteiger partial charge in [-0.1, -0.05) is 66.2 Å². The number of halogens is 1. The summed E-state index contributed by atoms with van der Waals surface area (Å²) in [7, 11) is 1.53. The Hall–Kier alpha value is -4.25. The summed E-state index contributed by atoms with van der Waals surface area (Å²) in [5.74, 6) is 0.826. The van der Waals surface area contributed by atoms with E-state index in [0.29, 0.717) is 33.2 Å². The van der Waals surface area contributed by atoms with Crippen LogP contribution in [0.1, 0.15) is 22.3 Å². The van der Waals surface area contributed by atoms with Crippen molar-refractivity contribution in [3.05, 3.63) is 106 Å². The van der Waals surface area contributed by atoms with Gasteiger partial charge in [0.2, 0.25) is 0 Å². The van der Waals surface area contributed by atoms with E-state index in [1.165, 1.54) is 7.11 Å². The number of benzene rings is 4. The molecule has 0 aliphatic heterocycles.